The van der Waals surface area contributed by atoms with E-state index in [1.807, 2.05) is 13.0 Å². The first-order chi connectivity index (χ1) is 14.7. The molecule has 4 aliphatic rings. The van der Waals surface area contributed by atoms with Crippen molar-refractivity contribution < 1.29 is 14.0 Å². The van der Waals surface area contributed by atoms with Crippen molar-refractivity contribution in [3.8, 4) is 6.07 Å². The van der Waals surface area contributed by atoms with E-state index >= 15 is 0 Å². The van der Waals surface area contributed by atoms with E-state index in [1.165, 1.54) is 0 Å². The predicted octanol–water partition coefficient (Wildman–Crippen LogP) is 2.87. The summed E-state index contributed by atoms with van der Waals surface area (Å²) in [4.78, 5) is 9.16. The average molecular weight is 405 g/mol. The maximum absolute atomic E-state index is 9.48. The quantitative estimate of drug-likeness (QED) is 0.738. The molecule has 154 valence electrons. The fourth-order valence-electron chi connectivity index (χ4n) is 4.44. The molecule has 0 saturated heterocycles. The van der Waals surface area contributed by atoms with Gasteiger partial charge in [0.15, 0.2) is 0 Å². The van der Waals surface area contributed by atoms with Crippen molar-refractivity contribution in [3.05, 3.63) is 46.4 Å². The van der Waals surface area contributed by atoms with Gasteiger partial charge in [0.2, 0.25) is 5.95 Å². The zero-order chi connectivity index (χ0) is 20.5. The van der Waals surface area contributed by atoms with Crippen LogP contribution in [0.25, 0.3) is 0 Å². The van der Waals surface area contributed by atoms with Crippen LogP contribution in [0.3, 0.4) is 0 Å². The van der Waals surface area contributed by atoms with Crippen LogP contribution in [0.1, 0.15) is 31.2 Å². The predicted molar refractivity (Wildman–Crippen MR) is 112 cm³/mol. The molecule has 1 aliphatic carbocycles. The van der Waals surface area contributed by atoms with Gasteiger partial charge >= 0.3 is 7.12 Å². The molecule has 8 nitrogen and oxygen atoms in total. The first-order valence-electron chi connectivity index (χ1n) is 10.5. The number of nitrogens with one attached hydrogen (secondary N) is 2. The molecule has 0 radical (unpaired) electrons. The number of hydrogen-bond donors (Lipinski definition) is 2. The lowest BCUT2D eigenvalue weighted by Crippen LogP contribution is -2.32. The van der Waals surface area contributed by atoms with Crippen LogP contribution in [0.4, 0.5) is 11.8 Å². The van der Waals surface area contributed by atoms with Gasteiger partial charge in [-0.05, 0) is 36.4 Å². The largest absolute Gasteiger partial charge is 0.495 e. The lowest BCUT2D eigenvalue weighted by Gasteiger charge is -2.28. The minimum absolute atomic E-state index is 0.0135. The Balaban J connectivity index is 1.38. The molecule has 1 aromatic heterocycles. The second kappa shape index (κ2) is 8.13. The van der Waals surface area contributed by atoms with Gasteiger partial charge in [0.25, 0.3) is 0 Å². The molecular formula is C21H24BN5O3. The molecule has 30 heavy (non-hydrogen) atoms. The number of allylic oxidation sites excluding steroid dienone is 1. The van der Waals surface area contributed by atoms with Crippen LogP contribution in [-0.2, 0) is 14.0 Å². The van der Waals surface area contributed by atoms with Crippen molar-refractivity contribution in [1.29, 1.82) is 5.26 Å². The van der Waals surface area contributed by atoms with E-state index in [2.05, 4.69) is 21.7 Å². The highest BCUT2D eigenvalue weighted by molar-refractivity contribution is 6.57. The lowest BCUT2D eigenvalue weighted by atomic mass is 9.71. The molecule has 0 spiro atoms. The number of anilines is 2. The summed E-state index contributed by atoms with van der Waals surface area (Å²) < 4.78 is 17.2. The SMILES string of the molecule is Cc1cnc(NC2=COCC3=C4B(OCC=C24)OC3)nc1NC1CCCCC1C#N. The van der Waals surface area contributed by atoms with Gasteiger partial charge in [-0.25, -0.2) is 4.98 Å². The van der Waals surface area contributed by atoms with E-state index in [-0.39, 0.29) is 19.1 Å². The Morgan fingerprint density at radius 3 is 3.03 bits per heavy atom. The summed E-state index contributed by atoms with van der Waals surface area (Å²) in [6.07, 6.45) is 9.70. The molecule has 1 fully saturated rings. The summed E-state index contributed by atoms with van der Waals surface area (Å²) >= 11 is 0. The number of aryl methyl sites for hydroxylation is 1. The molecule has 0 bridgehead atoms. The van der Waals surface area contributed by atoms with E-state index in [0.717, 1.165) is 59.4 Å². The molecule has 2 unspecified atom stereocenters. The Labute approximate surface area is 176 Å². The van der Waals surface area contributed by atoms with Gasteiger partial charge in [0.05, 0.1) is 30.9 Å². The number of aromatic nitrogens is 2. The molecule has 5 rings (SSSR count). The summed E-state index contributed by atoms with van der Waals surface area (Å²) in [5.41, 5.74) is 4.91. The zero-order valence-electron chi connectivity index (χ0n) is 17.0. The smallest absolute Gasteiger partial charge is 0.495 e. The van der Waals surface area contributed by atoms with E-state index in [1.54, 1.807) is 12.5 Å². The minimum atomic E-state index is -0.336. The number of rotatable bonds is 4. The van der Waals surface area contributed by atoms with Gasteiger partial charge in [-0.1, -0.05) is 18.9 Å². The monoisotopic (exact) mass is 405 g/mol. The highest BCUT2D eigenvalue weighted by atomic mass is 16.6. The molecule has 1 aromatic rings. The van der Waals surface area contributed by atoms with E-state index in [9.17, 15) is 5.26 Å². The molecule has 2 N–H and O–H groups in total. The molecule has 0 amide bonds. The summed E-state index contributed by atoms with van der Waals surface area (Å²) in [6, 6.07) is 2.56. The van der Waals surface area contributed by atoms with E-state index in [4.69, 9.17) is 19.0 Å². The van der Waals surface area contributed by atoms with Crippen LogP contribution in [0.2, 0.25) is 0 Å². The third-order valence-electron chi connectivity index (χ3n) is 6.07. The standard InChI is InChI=1S/C21H24BN5O3/c1-13-9-24-21(27-20(13)25-17-5-3-2-4-14(17)8-23)26-18-12-28-10-15-11-30-22-19(15)16(18)6-7-29-22/h6,9,12,14,17H,2-5,7,10-11H2,1H3,(H2,24,25,26,27). The Kier molecular flexibility index (Phi) is 5.19. The highest BCUT2D eigenvalue weighted by Gasteiger charge is 2.40. The molecule has 4 heterocycles. The van der Waals surface area contributed by atoms with Crippen LogP contribution < -0.4 is 10.6 Å². The van der Waals surface area contributed by atoms with Crippen LogP contribution in [-0.4, -0.2) is 42.9 Å². The number of hydrogen-bond acceptors (Lipinski definition) is 8. The zero-order valence-corrected chi connectivity index (χ0v) is 17.0. The number of nitriles is 1. The first-order valence-corrected chi connectivity index (χ1v) is 10.5. The second-order valence-electron chi connectivity index (χ2n) is 8.07. The van der Waals surface area contributed by atoms with Gasteiger partial charge in [-0.2, -0.15) is 10.2 Å². The van der Waals surface area contributed by atoms with Gasteiger partial charge in [-0.3, -0.25) is 0 Å². The highest BCUT2D eigenvalue weighted by Crippen LogP contribution is 2.35. The van der Waals surface area contributed by atoms with E-state index in [0.29, 0.717) is 25.8 Å². The third kappa shape index (κ3) is 3.57. The maximum Gasteiger partial charge on any atom is 0.495 e. The molecule has 9 heteroatoms. The van der Waals surface area contributed by atoms with Crippen molar-refractivity contribution in [2.24, 2.45) is 5.92 Å². The third-order valence-corrected chi connectivity index (χ3v) is 6.07. The van der Waals surface area contributed by atoms with Gasteiger partial charge < -0.3 is 24.7 Å². The minimum Gasteiger partial charge on any atom is -0.495 e. The van der Waals surface area contributed by atoms with Crippen molar-refractivity contribution >= 4 is 18.9 Å². The lowest BCUT2D eigenvalue weighted by molar-refractivity contribution is 0.229. The van der Waals surface area contributed by atoms with Crippen molar-refractivity contribution in [2.75, 3.05) is 30.5 Å². The fraction of sp³-hybridized carbons (Fsp3) is 0.476. The van der Waals surface area contributed by atoms with Crippen LogP contribution in [0.5, 0.6) is 0 Å². The van der Waals surface area contributed by atoms with Gasteiger partial charge in [-0.15, -0.1) is 0 Å². The Morgan fingerprint density at radius 2 is 2.13 bits per heavy atom. The Morgan fingerprint density at radius 1 is 1.23 bits per heavy atom. The van der Waals surface area contributed by atoms with Crippen molar-refractivity contribution in [1.82, 2.24) is 9.97 Å². The number of nitrogens with zero attached hydrogens (tertiary/aromatic N) is 3. The second-order valence-corrected chi connectivity index (χ2v) is 8.07. The van der Waals surface area contributed by atoms with Crippen molar-refractivity contribution in [3.63, 3.8) is 0 Å². The first kappa shape index (κ1) is 19.2. The van der Waals surface area contributed by atoms with Crippen LogP contribution in [0.15, 0.2) is 40.9 Å². The molecule has 1 saturated carbocycles. The maximum atomic E-state index is 9.48. The summed E-state index contributed by atoms with van der Waals surface area (Å²) in [5, 5.41) is 16.3. The summed E-state index contributed by atoms with van der Waals surface area (Å²) in [7, 11) is -0.336. The number of ether oxygens (including phenoxy) is 1. The molecule has 2 atom stereocenters. The van der Waals surface area contributed by atoms with Crippen molar-refractivity contribution in [2.45, 2.75) is 38.6 Å². The summed E-state index contributed by atoms with van der Waals surface area (Å²) in [6.45, 7) is 3.46. The average Bonchev–Trinajstić information content (AvgIpc) is 3.10. The topological polar surface area (TPSA) is 101 Å². The Hall–Kier alpha value is -2.83. The van der Waals surface area contributed by atoms with E-state index < -0.39 is 0 Å². The van der Waals surface area contributed by atoms with Crippen LogP contribution in [0, 0.1) is 24.2 Å². The molecule has 0 aromatic carbocycles. The summed E-state index contributed by atoms with van der Waals surface area (Å²) in [5.74, 6) is 1.26. The molecular weight excluding hydrogens is 381 g/mol. The van der Waals surface area contributed by atoms with Gasteiger partial charge in [0.1, 0.15) is 18.7 Å². The normalized spacial score (nSPS) is 25.4. The molecule has 3 aliphatic heterocycles. The van der Waals surface area contributed by atoms with Crippen LogP contribution >= 0.6 is 0 Å². The fourth-order valence-corrected chi connectivity index (χ4v) is 4.44. The Bertz CT molecular complexity index is 983. The van der Waals surface area contributed by atoms with Gasteiger partial charge in [0, 0.05) is 17.8 Å².